The first-order chi connectivity index (χ1) is 17.0. The van der Waals surface area contributed by atoms with Crippen molar-refractivity contribution in [3.8, 4) is 0 Å². The van der Waals surface area contributed by atoms with Gasteiger partial charge in [-0.2, -0.15) is 4.99 Å². The third-order valence-electron chi connectivity index (χ3n) is 4.51. The van der Waals surface area contributed by atoms with Crippen LogP contribution in [0.5, 0.6) is 0 Å². The van der Waals surface area contributed by atoms with E-state index in [9.17, 15) is 27.6 Å². The molecule has 0 radical (unpaired) electrons. The molecule has 0 aliphatic carbocycles. The largest absolute Gasteiger partial charge is 0.465 e. The first kappa shape index (κ1) is 26.7. The summed E-state index contributed by atoms with van der Waals surface area (Å²) in [5.74, 6) is -4.68. The van der Waals surface area contributed by atoms with Crippen molar-refractivity contribution in [2.75, 3.05) is 30.5 Å². The second-order valence-corrected chi connectivity index (χ2v) is 10.4. The van der Waals surface area contributed by atoms with Crippen LogP contribution in [0.25, 0.3) is 10.2 Å². The van der Waals surface area contributed by atoms with Gasteiger partial charge in [0.1, 0.15) is 23.8 Å². The van der Waals surface area contributed by atoms with E-state index in [1.54, 1.807) is 19.9 Å². The molecule has 1 N–H and O–H groups in total. The van der Waals surface area contributed by atoms with E-state index in [0.717, 1.165) is 11.3 Å². The van der Waals surface area contributed by atoms with Crippen molar-refractivity contribution in [1.29, 1.82) is 0 Å². The molecule has 0 fully saturated rings. The molecule has 0 aliphatic heterocycles. The van der Waals surface area contributed by atoms with Gasteiger partial charge in [0.05, 0.1) is 29.5 Å². The highest BCUT2D eigenvalue weighted by atomic mass is 32.2. The number of rotatable bonds is 9. The molecule has 2 aromatic heterocycles. The third kappa shape index (κ3) is 6.85. The summed E-state index contributed by atoms with van der Waals surface area (Å²) in [6.07, 6.45) is 0. The lowest BCUT2D eigenvalue weighted by molar-refractivity contribution is -0.143. The molecule has 0 unspecified atom stereocenters. The minimum atomic E-state index is -4.18. The molecule has 15 heteroatoms. The van der Waals surface area contributed by atoms with Crippen LogP contribution in [-0.4, -0.2) is 67.1 Å². The number of methoxy groups -OCH3 is 1. The fraction of sp³-hybridized carbons (Fsp3) is 0.333. The Bertz CT molecular complexity index is 1500. The van der Waals surface area contributed by atoms with Crippen LogP contribution in [0.15, 0.2) is 33.8 Å². The Morgan fingerprint density at radius 2 is 1.94 bits per heavy atom. The van der Waals surface area contributed by atoms with E-state index < -0.39 is 45.1 Å². The number of hydrogen-bond acceptors (Lipinski definition) is 11. The second-order valence-electron chi connectivity index (χ2n) is 7.36. The van der Waals surface area contributed by atoms with Crippen LogP contribution in [0.3, 0.4) is 0 Å². The van der Waals surface area contributed by atoms with E-state index in [1.165, 1.54) is 29.9 Å². The molecule has 2 amide bonds. The number of aryl methyl sites for hydroxylation is 1. The van der Waals surface area contributed by atoms with Gasteiger partial charge in [0.15, 0.2) is 20.5 Å². The number of aromatic nitrogens is 2. The van der Waals surface area contributed by atoms with Crippen molar-refractivity contribution in [3.63, 3.8) is 0 Å². The number of sulfone groups is 1. The number of ether oxygens (including phenoxy) is 2. The fourth-order valence-corrected chi connectivity index (χ4v) is 5.17. The van der Waals surface area contributed by atoms with E-state index in [-0.39, 0.29) is 29.3 Å². The Kier molecular flexibility index (Phi) is 8.37. The van der Waals surface area contributed by atoms with Gasteiger partial charge < -0.3 is 23.9 Å². The molecule has 0 atom stereocenters. The van der Waals surface area contributed by atoms with E-state index in [4.69, 9.17) is 14.0 Å². The van der Waals surface area contributed by atoms with Crippen LogP contribution < -0.4 is 10.1 Å². The van der Waals surface area contributed by atoms with Crippen molar-refractivity contribution in [2.24, 2.45) is 4.99 Å². The predicted octanol–water partition coefficient (Wildman–Crippen LogP) is 0.830. The summed E-state index contributed by atoms with van der Waals surface area (Å²) in [4.78, 5) is 52.4. The number of nitrogens with one attached hydrogen (secondary N) is 1. The lowest BCUT2D eigenvalue weighted by Gasteiger charge is -2.06. The summed E-state index contributed by atoms with van der Waals surface area (Å²) < 4.78 is 41.1. The highest BCUT2D eigenvalue weighted by Crippen LogP contribution is 2.20. The Morgan fingerprint density at radius 3 is 2.58 bits per heavy atom. The molecule has 0 spiro atoms. The highest BCUT2D eigenvalue weighted by Gasteiger charge is 2.22. The van der Waals surface area contributed by atoms with Gasteiger partial charge in [-0.25, -0.2) is 13.2 Å². The molecule has 13 nitrogen and oxygen atoms in total. The number of carbonyl (C=O) groups is 4. The molecular weight excluding hydrogens is 516 g/mol. The predicted molar refractivity (Wildman–Crippen MR) is 127 cm³/mol. The number of hydrogen-bond donors (Lipinski definition) is 1. The van der Waals surface area contributed by atoms with E-state index in [2.05, 4.69) is 15.5 Å². The normalized spacial score (nSPS) is 11.9. The Morgan fingerprint density at radius 1 is 1.19 bits per heavy atom. The molecule has 0 saturated carbocycles. The lowest BCUT2D eigenvalue weighted by atomic mass is 10.2. The zero-order valence-corrected chi connectivity index (χ0v) is 21.1. The van der Waals surface area contributed by atoms with Gasteiger partial charge in [0.25, 0.3) is 5.91 Å². The van der Waals surface area contributed by atoms with Gasteiger partial charge in [-0.05, 0) is 32.0 Å². The standard InChI is InChI=1S/C21H22N4O9S2/c1-4-33-19(28)9-25-14-6-5-13(20(29)32-3)8-15(14)35-21(25)23-18(27)11-36(30,31)10-17(26)22-16-7-12(2)34-24-16/h5-8H,4,9-11H2,1-3H3,(H,22,24,26). The first-order valence-electron chi connectivity index (χ1n) is 10.4. The minimum Gasteiger partial charge on any atom is -0.465 e. The number of fused-ring (bicyclic) bond motifs is 1. The number of carbonyl (C=O) groups excluding carboxylic acids is 4. The maximum Gasteiger partial charge on any atom is 0.337 e. The summed E-state index contributed by atoms with van der Waals surface area (Å²) in [6.45, 7) is 3.06. The van der Waals surface area contributed by atoms with E-state index in [1.807, 2.05) is 0 Å². The van der Waals surface area contributed by atoms with Crippen molar-refractivity contribution in [1.82, 2.24) is 9.72 Å². The number of benzene rings is 1. The first-order valence-corrected chi connectivity index (χ1v) is 13.0. The Labute approximate surface area is 208 Å². The van der Waals surface area contributed by atoms with Gasteiger partial charge in [0, 0.05) is 6.07 Å². The summed E-state index contributed by atoms with van der Waals surface area (Å²) in [6, 6.07) is 5.94. The van der Waals surface area contributed by atoms with Gasteiger partial charge in [0.2, 0.25) is 5.91 Å². The van der Waals surface area contributed by atoms with Gasteiger partial charge >= 0.3 is 11.9 Å². The lowest BCUT2D eigenvalue weighted by Crippen LogP contribution is -2.28. The molecule has 3 rings (SSSR count). The van der Waals surface area contributed by atoms with E-state index in [0.29, 0.717) is 16.0 Å². The van der Waals surface area contributed by atoms with Crippen molar-refractivity contribution in [2.45, 2.75) is 20.4 Å². The van der Waals surface area contributed by atoms with E-state index >= 15 is 0 Å². The van der Waals surface area contributed by atoms with Crippen LogP contribution in [0, 0.1) is 6.92 Å². The monoisotopic (exact) mass is 538 g/mol. The van der Waals surface area contributed by atoms with Crippen LogP contribution in [-0.2, 0) is 40.2 Å². The third-order valence-corrected chi connectivity index (χ3v) is 6.94. The van der Waals surface area contributed by atoms with Gasteiger partial charge in [-0.3, -0.25) is 14.4 Å². The van der Waals surface area contributed by atoms with Crippen LogP contribution in [0.1, 0.15) is 23.0 Å². The fourth-order valence-electron chi connectivity index (χ4n) is 3.07. The number of amides is 2. The topological polar surface area (TPSA) is 176 Å². The molecule has 1 aromatic carbocycles. The van der Waals surface area contributed by atoms with Crippen LogP contribution in [0.2, 0.25) is 0 Å². The zero-order valence-electron chi connectivity index (χ0n) is 19.5. The average molecular weight is 539 g/mol. The highest BCUT2D eigenvalue weighted by molar-refractivity contribution is 7.92. The summed E-state index contributed by atoms with van der Waals surface area (Å²) in [7, 11) is -2.95. The summed E-state index contributed by atoms with van der Waals surface area (Å²) in [5, 5.41) is 5.80. The van der Waals surface area contributed by atoms with Crippen LogP contribution >= 0.6 is 11.3 Å². The van der Waals surface area contributed by atoms with Crippen LogP contribution in [0.4, 0.5) is 5.82 Å². The molecule has 36 heavy (non-hydrogen) atoms. The molecule has 0 bridgehead atoms. The summed E-state index contributed by atoms with van der Waals surface area (Å²) in [5.41, 5.74) is 0.709. The molecule has 2 heterocycles. The molecule has 0 saturated heterocycles. The number of anilines is 1. The number of esters is 2. The Hall–Kier alpha value is -3.85. The van der Waals surface area contributed by atoms with Crippen molar-refractivity contribution < 1.29 is 41.6 Å². The Balaban J connectivity index is 1.87. The number of thiazole rings is 1. The maximum absolute atomic E-state index is 12.5. The van der Waals surface area contributed by atoms with Gasteiger partial charge in [-0.15, -0.1) is 0 Å². The minimum absolute atomic E-state index is 0.0165. The number of nitrogens with zero attached hydrogens (tertiary/aromatic N) is 3. The van der Waals surface area contributed by atoms with Crippen molar-refractivity contribution in [3.05, 3.63) is 40.4 Å². The molecule has 0 aliphatic rings. The van der Waals surface area contributed by atoms with Gasteiger partial charge in [-0.1, -0.05) is 16.5 Å². The zero-order chi connectivity index (χ0) is 26.5. The smallest absolute Gasteiger partial charge is 0.337 e. The molecular formula is C21H22N4O9S2. The van der Waals surface area contributed by atoms with Crippen molar-refractivity contribution >= 4 is 61.0 Å². The maximum atomic E-state index is 12.5. The SMILES string of the molecule is CCOC(=O)Cn1c(=NC(=O)CS(=O)(=O)CC(=O)Nc2cc(C)on2)sc2cc(C(=O)OC)ccc21. The second kappa shape index (κ2) is 11.3. The average Bonchev–Trinajstić information content (AvgIpc) is 3.34. The molecule has 3 aromatic rings. The summed E-state index contributed by atoms with van der Waals surface area (Å²) >= 11 is 0.965. The molecule has 192 valence electrons. The quantitative estimate of drug-likeness (QED) is 0.384.